The summed E-state index contributed by atoms with van der Waals surface area (Å²) in [4.78, 5) is -0.888. The topological polar surface area (TPSA) is 17.1 Å². The molecule has 1 aliphatic carbocycles. The molecule has 0 aromatic carbocycles. The molecular weight excluding hydrogens is 508 g/mol. The first-order valence-corrected chi connectivity index (χ1v) is 8.89. The van der Waals surface area contributed by atoms with Crippen LogP contribution in [0.3, 0.4) is 0 Å². The minimum absolute atomic E-state index is 0.111. The van der Waals surface area contributed by atoms with Gasteiger partial charge < -0.3 is 0 Å². The van der Waals surface area contributed by atoms with E-state index in [1.165, 1.54) is 6.92 Å². The Morgan fingerprint density at radius 1 is 1.26 bits per heavy atom. The van der Waals surface area contributed by atoms with Crippen molar-refractivity contribution in [2.24, 2.45) is 0 Å². The molecule has 0 aromatic heterocycles. The molecule has 0 radical (unpaired) electrons. The van der Waals surface area contributed by atoms with Crippen molar-refractivity contribution in [3.8, 4) is 0 Å². The Bertz CT molecular complexity index is 573. The zero-order valence-electron chi connectivity index (χ0n) is 11.0. The van der Waals surface area contributed by atoms with Gasteiger partial charge in [0.05, 0.1) is 4.32 Å². The Kier molecular flexibility index (Phi) is 6.15. The van der Waals surface area contributed by atoms with Gasteiger partial charge in [-0.25, -0.2) is 4.21 Å². The lowest BCUT2D eigenvalue weighted by Gasteiger charge is -2.32. The van der Waals surface area contributed by atoms with Crippen LogP contribution in [0.2, 0.25) is 0 Å². The van der Waals surface area contributed by atoms with Crippen LogP contribution < -0.4 is 0 Å². The molecule has 0 heterocycles. The second kappa shape index (κ2) is 6.60. The average Bonchev–Trinajstić information content (AvgIpc) is 2.34. The third kappa shape index (κ3) is 3.98. The molecule has 0 amide bonds. The van der Waals surface area contributed by atoms with Gasteiger partial charge in [0.25, 0.3) is 0 Å². The highest BCUT2D eigenvalue weighted by molar-refractivity contribution is 9.12. The van der Waals surface area contributed by atoms with Gasteiger partial charge in [0, 0.05) is 10.3 Å². The Balaban J connectivity index is 3.35. The van der Waals surface area contributed by atoms with Crippen LogP contribution >= 0.6 is 43.5 Å². The van der Waals surface area contributed by atoms with Gasteiger partial charge in [0.1, 0.15) is 10.8 Å². The van der Waals surface area contributed by atoms with Crippen LogP contribution in [0.5, 0.6) is 0 Å². The fourth-order valence-electron chi connectivity index (χ4n) is 1.59. The summed E-state index contributed by atoms with van der Waals surface area (Å²) >= 11 is 11.9. The summed E-state index contributed by atoms with van der Waals surface area (Å²) in [5.74, 6) is -6.45. The highest BCUT2D eigenvalue weighted by Gasteiger charge is 2.76. The molecule has 3 unspecified atom stereocenters. The summed E-state index contributed by atoms with van der Waals surface area (Å²) in [6, 6.07) is 0. The predicted molar refractivity (Wildman–Crippen MR) is 80.8 cm³/mol. The van der Waals surface area contributed by atoms with Crippen LogP contribution in [0, 0.1) is 0 Å². The van der Waals surface area contributed by atoms with E-state index in [0.29, 0.717) is 0 Å². The Morgan fingerprint density at radius 2 is 1.74 bits per heavy atom. The molecule has 0 bridgehead atoms. The van der Waals surface area contributed by atoms with E-state index in [-0.39, 0.29) is 10.9 Å². The Morgan fingerprint density at radius 3 is 2.13 bits per heavy atom. The number of rotatable bonds is 4. The van der Waals surface area contributed by atoms with Crippen molar-refractivity contribution in [2.75, 3.05) is 0 Å². The van der Waals surface area contributed by atoms with Gasteiger partial charge >= 0.3 is 17.4 Å². The fourth-order valence-corrected chi connectivity index (χ4v) is 4.88. The quantitative estimate of drug-likeness (QED) is 0.338. The van der Waals surface area contributed by atoms with Crippen molar-refractivity contribution in [1.82, 2.24) is 0 Å². The molecule has 1 nitrogen and oxygen atoms in total. The lowest BCUT2D eigenvalue weighted by molar-refractivity contribution is -0.331. The first-order chi connectivity index (χ1) is 10.1. The van der Waals surface area contributed by atoms with E-state index >= 15 is 0 Å². The van der Waals surface area contributed by atoms with Crippen LogP contribution in [0.4, 0.5) is 30.7 Å². The summed E-state index contributed by atoms with van der Waals surface area (Å²) in [6.07, 6.45) is -4.76. The largest absolute Gasteiger partial charge is 0.461 e. The maximum Gasteiger partial charge on any atom is 0.461 e. The fraction of sp³-hybridized carbons (Fsp3) is 0.636. The van der Waals surface area contributed by atoms with E-state index in [1.807, 2.05) is 0 Å². The normalized spacial score (nSPS) is 26.4. The molecule has 0 saturated carbocycles. The minimum atomic E-state index is -6.55. The highest BCUT2D eigenvalue weighted by atomic mass is 79.9. The number of allylic oxidation sites excluding steroid dienone is 3. The molecule has 12 heteroatoms. The molecule has 0 aliphatic heterocycles. The zero-order chi connectivity index (χ0) is 18.4. The Hall–Kier alpha value is 0.390. The third-order valence-corrected chi connectivity index (χ3v) is 6.69. The van der Waals surface area contributed by atoms with Crippen molar-refractivity contribution >= 4 is 54.3 Å². The summed E-state index contributed by atoms with van der Waals surface area (Å²) in [5.41, 5.74) is 0. The molecule has 23 heavy (non-hydrogen) atoms. The van der Waals surface area contributed by atoms with Gasteiger partial charge in [-0.1, -0.05) is 31.9 Å². The lowest BCUT2D eigenvalue weighted by Crippen LogP contribution is -2.54. The predicted octanol–water partition coefficient (Wildman–Crippen LogP) is 5.85. The summed E-state index contributed by atoms with van der Waals surface area (Å²) < 4.78 is 100. The zero-order valence-corrected chi connectivity index (χ0v) is 15.8. The van der Waals surface area contributed by atoms with Gasteiger partial charge in [-0.2, -0.15) is 30.7 Å². The van der Waals surface area contributed by atoms with Crippen LogP contribution in [0.15, 0.2) is 21.5 Å². The van der Waals surface area contributed by atoms with Gasteiger partial charge in [-0.05, 0) is 30.0 Å². The molecule has 0 aromatic rings. The molecule has 1 rings (SSSR count). The maximum absolute atomic E-state index is 13.6. The third-order valence-electron chi connectivity index (χ3n) is 2.95. The first-order valence-electron chi connectivity index (χ1n) is 5.72. The SMILES string of the molecule is CC(Cl)C1(Br)C=C(S(=O)C(F)(F)C(F)(F)C(F)(F)F)C=C(Br)C1. The first kappa shape index (κ1) is 21.4. The number of alkyl halides is 9. The molecule has 0 saturated heterocycles. The van der Waals surface area contributed by atoms with Crippen molar-refractivity contribution in [3.63, 3.8) is 0 Å². The second-order valence-electron chi connectivity index (χ2n) is 4.72. The molecule has 0 spiro atoms. The van der Waals surface area contributed by atoms with E-state index < -0.39 is 42.8 Å². The van der Waals surface area contributed by atoms with Crippen molar-refractivity contribution in [3.05, 3.63) is 21.5 Å². The van der Waals surface area contributed by atoms with Gasteiger partial charge in [-0.15, -0.1) is 11.6 Å². The molecule has 0 N–H and O–H groups in total. The van der Waals surface area contributed by atoms with E-state index in [1.54, 1.807) is 0 Å². The smallest absolute Gasteiger partial charge is 0.248 e. The molecule has 0 fully saturated rings. The molecular formula is C11H8Br2ClF7OS. The van der Waals surface area contributed by atoms with E-state index in [0.717, 1.165) is 12.2 Å². The number of halogens is 10. The van der Waals surface area contributed by atoms with Gasteiger partial charge in [0.15, 0.2) is 0 Å². The molecule has 3 atom stereocenters. The van der Waals surface area contributed by atoms with E-state index in [4.69, 9.17) is 11.6 Å². The van der Waals surface area contributed by atoms with Crippen LogP contribution in [-0.2, 0) is 10.8 Å². The van der Waals surface area contributed by atoms with Crippen LogP contribution in [0.25, 0.3) is 0 Å². The highest BCUT2D eigenvalue weighted by Crippen LogP contribution is 2.51. The van der Waals surface area contributed by atoms with Crippen LogP contribution in [-0.4, -0.2) is 31.3 Å². The van der Waals surface area contributed by atoms with Crippen molar-refractivity contribution in [1.29, 1.82) is 0 Å². The summed E-state index contributed by atoms with van der Waals surface area (Å²) in [5, 5.41) is -6.60. The number of hydrogen-bond donors (Lipinski definition) is 0. The monoisotopic (exact) mass is 514 g/mol. The lowest BCUT2D eigenvalue weighted by atomic mass is 9.97. The van der Waals surface area contributed by atoms with Gasteiger partial charge in [-0.3, -0.25) is 0 Å². The standard InChI is InChI=1S/C11H8Br2ClF7OS/c1-5(14)8(13)3-6(12)2-7(4-8)23(22)11(20,21)9(15,16)10(17,18)19/h2,4-5H,3H2,1H3. The minimum Gasteiger partial charge on any atom is -0.248 e. The average molecular weight is 516 g/mol. The number of hydrogen-bond acceptors (Lipinski definition) is 1. The maximum atomic E-state index is 13.6. The summed E-state index contributed by atoms with van der Waals surface area (Å²) in [7, 11) is -3.95. The molecule has 134 valence electrons. The van der Waals surface area contributed by atoms with Crippen molar-refractivity contribution in [2.45, 2.75) is 40.4 Å². The van der Waals surface area contributed by atoms with Crippen molar-refractivity contribution < 1.29 is 34.9 Å². The van der Waals surface area contributed by atoms with Gasteiger partial charge in [0.2, 0.25) is 0 Å². The Labute approximate surface area is 151 Å². The second-order valence-corrected chi connectivity index (χ2v) is 9.39. The summed E-state index contributed by atoms with van der Waals surface area (Å²) in [6.45, 7) is 1.45. The van der Waals surface area contributed by atoms with E-state index in [2.05, 4.69) is 31.9 Å². The van der Waals surface area contributed by atoms with Crippen LogP contribution in [0.1, 0.15) is 13.3 Å². The molecule has 1 aliphatic rings. The van der Waals surface area contributed by atoms with E-state index in [9.17, 15) is 34.9 Å².